The number of rotatable bonds is 4. The molecule has 90 valence electrons. The summed E-state index contributed by atoms with van der Waals surface area (Å²) in [6, 6.07) is 0.409. The monoisotopic (exact) mass is 224 g/mol. The quantitative estimate of drug-likeness (QED) is 0.735. The number of piperidine rings is 1. The highest BCUT2D eigenvalue weighted by Crippen LogP contribution is 2.18. The Morgan fingerprint density at radius 1 is 1.33 bits per heavy atom. The van der Waals surface area contributed by atoms with Gasteiger partial charge in [0.25, 0.3) is 0 Å². The third-order valence-electron chi connectivity index (χ3n) is 2.89. The van der Waals surface area contributed by atoms with Crippen molar-refractivity contribution >= 4 is 0 Å². The first-order valence-electron chi connectivity index (χ1n) is 5.47. The van der Waals surface area contributed by atoms with E-state index in [9.17, 15) is 13.2 Å². The first kappa shape index (κ1) is 12.8. The summed E-state index contributed by atoms with van der Waals surface area (Å²) in [5.74, 6) is 0. The minimum atomic E-state index is -4.04. The van der Waals surface area contributed by atoms with E-state index >= 15 is 0 Å². The van der Waals surface area contributed by atoms with E-state index in [-0.39, 0.29) is 6.54 Å². The van der Waals surface area contributed by atoms with Gasteiger partial charge in [0, 0.05) is 19.1 Å². The number of alkyl halides is 3. The predicted octanol–water partition coefficient (Wildman–Crippen LogP) is 2.01. The zero-order valence-electron chi connectivity index (χ0n) is 9.11. The molecule has 1 saturated heterocycles. The van der Waals surface area contributed by atoms with Crippen LogP contribution >= 0.6 is 0 Å². The number of nitrogens with zero attached hydrogens (tertiary/aromatic N) is 1. The third-order valence-corrected chi connectivity index (χ3v) is 2.89. The van der Waals surface area contributed by atoms with Gasteiger partial charge >= 0.3 is 6.18 Å². The van der Waals surface area contributed by atoms with Gasteiger partial charge in [-0.1, -0.05) is 6.42 Å². The van der Waals surface area contributed by atoms with Crippen LogP contribution in [0.15, 0.2) is 0 Å². The van der Waals surface area contributed by atoms with Gasteiger partial charge in [-0.25, -0.2) is 0 Å². The molecule has 0 aromatic carbocycles. The lowest BCUT2D eigenvalue weighted by Gasteiger charge is -2.32. The van der Waals surface area contributed by atoms with Gasteiger partial charge in [0.2, 0.25) is 0 Å². The van der Waals surface area contributed by atoms with Gasteiger partial charge in [0.1, 0.15) is 0 Å². The second-order valence-corrected chi connectivity index (χ2v) is 4.20. The fraction of sp³-hybridized carbons (Fsp3) is 1.00. The molecule has 15 heavy (non-hydrogen) atoms. The molecule has 0 aromatic heterocycles. The third kappa shape index (κ3) is 5.37. The van der Waals surface area contributed by atoms with E-state index in [1.807, 2.05) is 7.05 Å². The molecule has 1 rings (SSSR count). The van der Waals surface area contributed by atoms with Crippen LogP contribution in [0.1, 0.15) is 25.7 Å². The summed E-state index contributed by atoms with van der Waals surface area (Å²) < 4.78 is 35.5. The van der Waals surface area contributed by atoms with Crippen LogP contribution in [0.3, 0.4) is 0 Å². The Morgan fingerprint density at radius 3 is 2.67 bits per heavy atom. The first-order chi connectivity index (χ1) is 6.99. The van der Waals surface area contributed by atoms with E-state index in [0.29, 0.717) is 12.6 Å². The van der Waals surface area contributed by atoms with E-state index in [1.54, 1.807) is 0 Å². The van der Waals surface area contributed by atoms with Crippen LogP contribution in [0.25, 0.3) is 0 Å². The van der Waals surface area contributed by atoms with Crippen LogP contribution in [0.5, 0.6) is 0 Å². The maximum absolute atomic E-state index is 11.8. The topological polar surface area (TPSA) is 15.3 Å². The predicted molar refractivity (Wildman–Crippen MR) is 53.8 cm³/mol. The van der Waals surface area contributed by atoms with Crippen LogP contribution in [-0.2, 0) is 0 Å². The Balaban J connectivity index is 2.08. The molecule has 1 atom stereocenters. The summed E-state index contributed by atoms with van der Waals surface area (Å²) in [6.07, 6.45) is -1.28. The van der Waals surface area contributed by atoms with Crippen LogP contribution in [0.4, 0.5) is 13.2 Å². The van der Waals surface area contributed by atoms with Crippen LogP contribution < -0.4 is 5.32 Å². The van der Waals surface area contributed by atoms with Crippen molar-refractivity contribution < 1.29 is 13.2 Å². The summed E-state index contributed by atoms with van der Waals surface area (Å²) in [5.41, 5.74) is 0. The maximum atomic E-state index is 11.8. The molecule has 0 saturated carbocycles. The van der Waals surface area contributed by atoms with Crippen molar-refractivity contribution in [1.82, 2.24) is 10.2 Å². The normalized spacial score (nSPS) is 24.4. The Labute approximate surface area is 88.8 Å². The van der Waals surface area contributed by atoms with Crippen LogP contribution in [-0.4, -0.2) is 43.8 Å². The number of hydrogen-bond donors (Lipinski definition) is 1. The molecule has 0 aliphatic carbocycles. The summed E-state index contributed by atoms with van der Waals surface area (Å²) in [4.78, 5) is 2.23. The van der Waals surface area contributed by atoms with Crippen molar-refractivity contribution in [2.24, 2.45) is 0 Å². The van der Waals surface area contributed by atoms with Crippen molar-refractivity contribution in [1.29, 1.82) is 0 Å². The number of hydrogen-bond acceptors (Lipinski definition) is 2. The fourth-order valence-corrected chi connectivity index (χ4v) is 1.90. The number of likely N-dealkylation sites (tertiary alicyclic amines) is 1. The van der Waals surface area contributed by atoms with Crippen molar-refractivity contribution in [3.05, 3.63) is 0 Å². The molecule has 0 radical (unpaired) electrons. The molecule has 1 N–H and O–H groups in total. The summed E-state index contributed by atoms with van der Waals surface area (Å²) in [6.45, 7) is 1.77. The SMILES string of the molecule is CN1CCCCC1CNCCC(F)(F)F. The average Bonchev–Trinajstić information content (AvgIpc) is 2.13. The molecule has 0 amide bonds. The molecule has 0 bridgehead atoms. The van der Waals surface area contributed by atoms with E-state index in [1.165, 1.54) is 12.8 Å². The highest BCUT2D eigenvalue weighted by molar-refractivity contribution is 4.76. The van der Waals surface area contributed by atoms with Gasteiger partial charge in [0.05, 0.1) is 6.42 Å². The van der Waals surface area contributed by atoms with Crippen molar-refractivity contribution in [2.75, 3.05) is 26.7 Å². The molecular weight excluding hydrogens is 205 g/mol. The van der Waals surface area contributed by atoms with E-state index < -0.39 is 12.6 Å². The molecule has 1 heterocycles. The fourth-order valence-electron chi connectivity index (χ4n) is 1.90. The average molecular weight is 224 g/mol. The number of halogens is 3. The van der Waals surface area contributed by atoms with E-state index in [4.69, 9.17) is 0 Å². The Kier molecular flexibility index (Phi) is 4.86. The summed E-state index contributed by atoms with van der Waals surface area (Å²) in [7, 11) is 2.04. The van der Waals surface area contributed by atoms with E-state index in [2.05, 4.69) is 10.2 Å². The molecule has 1 fully saturated rings. The standard InChI is InChI=1S/C10H19F3N2/c1-15-7-3-2-4-9(15)8-14-6-5-10(11,12)13/h9,14H,2-8H2,1H3. The van der Waals surface area contributed by atoms with Gasteiger partial charge in [-0.2, -0.15) is 13.2 Å². The smallest absolute Gasteiger partial charge is 0.315 e. The Morgan fingerprint density at radius 2 is 2.07 bits per heavy atom. The second-order valence-electron chi connectivity index (χ2n) is 4.20. The second kappa shape index (κ2) is 5.70. The Bertz CT molecular complexity index is 182. The highest BCUT2D eigenvalue weighted by atomic mass is 19.4. The lowest BCUT2D eigenvalue weighted by molar-refractivity contribution is -0.133. The largest absolute Gasteiger partial charge is 0.390 e. The van der Waals surface area contributed by atoms with Crippen molar-refractivity contribution in [2.45, 2.75) is 37.9 Å². The molecule has 1 unspecified atom stereocenters. The van der Waals surface area contributed by atoms with E-state index in [0.717, 1.165) is 13.0 Å². The van der Waals surface area contributed by atoms with Gasteiger partial charge in [-0.3, -0.25) is 0 Å². The van der Waals surface area contributed by atoms with Crippen molar-refractivity contribution in [3.63, 3.8) is 0 Å². The lowest BCUT2D eigenvalue weighted by atomic mass is 10.0. The van der Waals surface area contributed by atoms with Gasteiger partial charge in [-0.05, 0) is 26.4 Å². The van der Waals surface area contributed by atoms with Crippen molar-refractivity contribution in [3.8, 4) is 0 Å². The van der Waals surface area contributed by atoms with Gasteiger partial charge < -0.3 is 10.2 Å². The zero-order chi connectivity index (χ0) is 11.3. The molecule has 1 aliphatic heterocycles. The summed E-state index contributed by atoms with van der Waals surface area (Å²) >= 11 is 0. The number of nitrogens with one attached hydrogen (secondary N) is 1. The Hall–Kier alpha value is -0.290. The molecule has 5 heteroatoms. The molecule has 0 aromatic rings. The molecule has 2 nitrogen and oxygen atoms in total. The maximum Gasteiger partial charge on any atom is 0.390 e. The highest BCUT2D eigenvalue weighted by Gasteiger charge is 2.26. The minimum Gasteiger partial charge on any atom is -0.315 e. The zero-order valence-corrected chi connectivity index (χ0v) is 9.11. The molecular formula is C10H19F3N2. The summed E-state index contributed by atoms with van der Waals surface area (Å²) in [5, 5.41) is 2.88. The molecule has 0 spiro atoms. The van der Waals surface area contributed by atoms with Gasteiger partial charge in [-0.15, -0.1) is 0 Å². The lowest BCUT2D eigenvalue weighted by Crippen LogP contribution is -2.43. The van der Waals surface area contributed by atoms with Crippen LogP contribution in [0, 0.1) is 0 Å². The first-order valence-corrected chi connectivity index (χ1v) is 5.47. The minimum absolute atomic E-state index is 0.0356. The van der Waals surface area contributed by atoms with Gasteiger partial charge in [0.15, 0.2) is 0 Å². The molecule has 1 aliphatic rings. The van der Waals surface area contributed by atoms with Crippen LogP contribution in [0.2, 0.25) is 0 Å². The number of likely N-dealkylation sites (N-methyl/N-ethyl adjacent to an activating group) is 1.